The lowest BCUT2D eigenvalue weighted by atomic mass is 10.2. The lowest BCUT2D eigenvalue weighted by Crippen LogP contribution is -2.37. The average molecular weight is 199 g/mol. The Kier molecular flexibility index (Phi) is 4.94. The summed E-state index contributed by atoms with van der Waals surface area (Å²) in [4.78, 5) is 13.6. The molecular formula is C11H21NO2. The molecule has 0 N–H and O–H groups in total. The summed E-state index contributed by atoms with van der Waals surface area (Å²) in [6.45, 7) is 8.13. The summed E-state index contributed by atoms with van der Waals surface area (Å²) in [6, 6.07) is 0. The standard InChI is InChI=1S/C11H21NO2/c1-10(2)9-14-11(13)5-3-6-12-7-4-8-12/h10H,3-9H2,1-2H3. The Hall–Kier alpha value is -0.570. The number of hydrogen-bond acceptors (Lipinski definition) is 3. The van der Waals surface area contributed by atoms with E-state index >= 15 is 0 Å². The van der Waals surface area contributed by atoms with E-state index in [2.05, 4.69) is 4.90 Å². The first-order valence-electron chi connectivity index (χ1n) is 5.56. The van der Waals surface area contributed by atoms with Crippen molar-refractivity contribution < 1.29 is 9.53 Å². The van der Waals surface area contributed by atoms with E-state index in [-0.39, 0.29) is 5.97 Å². The second kappa shape index (κ2) is 6.02. The van der Waals surface area contributed by atoms with Gasteiger partial charge in [-0.3, -0.25) is 4.79 Å². The Morgan fingerprint density at radius 3 is 2.64 bits per heavy atom. The van der Waals surface area contributed by atoms with Gasteiger partial charge in [-0.25, -0.2) is 0 Å². The van der Waals surface area contributed by atoms with E-state index in [0.717, 1.165) is 13.0 Å². The molecule has 0 bridgehead atoms. The highest BCUT2D eigenvalue weighted by Gasteiger charge is 2.13. The second-order valence-electron chi connectivity index (χ2n) is 4.38. The van der Waals surface area contributed by atoms with Crippen molar-refractivity contribution in [1.82, 2.24) is 4.90 Å². The van der Waals surface area contributed by atoms with Gasteiger partial charge < -0.3 is 9.64 Å². The van der Waals surface area contributed by atoms with Gasteiger partial charge in [0.1, 0.15) is 0 Å². The van der Waals surface area contributed by atoms with E-state index in [4.69, 9.17) is 4.74 Å². The zero-order chi connectivity index (χ0) is 10.4. The zero-order valence-electron chi connectivity index (χ0n) is 9.29. The van der Waals surface area contributed by atoms with Gasteiger partial charge in [-0.05, 0) is 38.4 Å². The predicted octanol–water partition coefficient (Wildman–Crippen LogP) is 1.67. The van der Waals surface area contributed by atoms with Gasteiger partial charge in [-0.1, -0.05) is 13.8 Å². The lowest BCUT2D eigenvalue weighted by molar-refractivity contribution is -0.144. The molecule has 0 radical (unpaired) electrons. The first-order valence-corrected chi connectivity index (χ1v) is 5.56. The van der Waals surface area contributed by atoms with E-state index in [0.29, 0.717) is 18.9 Å². The number of carbonyl (C=O) groups excluding carboxylic acids is 1. The van der Waals surface area contributed by atoms with Gasteiger partial charge in [0, 0.05) is 6.42 Å². The van der Waals surface area contributed by atoms with Crippen LogP contribution in [0.5, 0.6) is 0 Å². The normalized spacial score (nSPS) is 16.8. The summed E-state index contributed by atoms with van der Waals surface area (Å²) in [5.74, 6) is 0.397. The number of carbonyl (C=O) groups is 1. The molecule has 0 atom stereocenters. The zero-order valence-corrected chi connectivity index (χ0v) is 9.29. The van der Waals surface area contributed by atoms with Crippen LogP contribution in [0.15, 0.2) is 0 Å². The lowest BCUT2D eigenvalue weighted by Gasteiger charge is -2.30. The molecule has 0 unspecified atom stereocenters. The Morgan fingerprint density at radius 2 is 2.14 bits per heavy atom. The summed E-state index contributed by atoms with van der Waals surface area (Å²) in [6.07, 6.45) is 2.83. The Balaban J connectivity index is 1.91. The van der Waals surface area contributed by atoms with Gasteiger partial charge in [0.05, 0.1) is 6.61 Å². The van der Waals surface area contributed by atoms with E-state index in [1.54, 1.807) is 0 Å². The molecule has 3 nitrogen and oxygen atoms in total. The molecule has 0 aromatic rings. The number of ether oxygens (including phenoxy) is 1. The number of nitrogens with zero attached hydrogens (tertiary/aromatic N) is 1. The van der Waals surface area contributed by atoms with Gasteiger partial charge in [-0.15, -0.1) is 0 Å². The van der Waals surface area contributed by atoms with Gasteiger partial charge >= 0.3 is 5.97 Å². The highest BCUT2D eigenvalue weighted by Crippen LogP contribution is 2.07. The average Bonchev–Trinajstić information content (AvgIpc) is 2.06. The minimum absolute atomic E-state index is 0.0424. The maximum absolute atomic E-state index is 11.2. The molecule has 0 spiro atoms. The van der Waals surface area contributed by atoms with Crippen LogP contribution >= 0.6 is 0 Å². The molecule has 0 amide bonds. The Morgan fingerprint density at radius 1 is 1.43 bits per heavy atom. The van der Waals surface area contributed by atoms with Gasteiger partial charge in [0.15, 0.2) is 0 Å². The Labute approximate surface area is 86.4 Å². The minimum Gasteiger partial charge on any atom is -0.465 e. The van der Waals surface area contributed by atoms with Gasteiger partial charge in [0.2, 0.25) is 0 Å². The van der Waals surface area contributed by atoms with E-state index < -0.39 is 0 Å². The maximum atomic E-state index is 11.2. The molecule has 0 aromatic carbocycles. The monoisotopic (exact) mass is 199 g/mol. The molecule has 1 saturated heterocycles. The first kappa shape index (κ1) is 11.5. The van der Waals surface area contributed by atoms with Crippen LogP contribution in [0.1, 0.15) is 33.1 Å². The summed E-state index contributed by atoms with van der Waals surface area (Å²) in [5, 5.41) is 0. The molecular weight excluding hydrogens is 178 g/mol. The summed E-state index contributed by atoms with van der Waals surface area (Å²) >= 11 is 0. The summed E-state index contributed by atoms with van der Waals surface area (Å²) < 4.78 is 5.08. The molecule has 1 aliphatic heterocycles. The summed E-state index contributed by atoms with van der Waals surface area (Å²) in [7, 11) is 0. The molecule has 1 heterocycles. The van der Waals surface area contributed by atoms with E-state index in [1.165, 1.54) is 19.5 Å². The summed E-state index contributed by atoms with van der Waals surface area (Å²) in [5.41, 5.74) is 0. The maximum Gasteiger partial charge on any atom is 0.305 e. The third-order valence-corrected chi connectivity index (χ3v) is 2.38. The number of rotatable bonds is 6. The third kappa shape index (κ3) is 4.61. The highest BCUT2D eigenvalue weighted by molar-refractivity contribution is 5.69. The molecule has 1 fully saturated rings. The van der Waals surface area contributed by atoms with Crippen molar-refractivity contribution in [1.29, 1.82) is 0 Å². The molecule has 14 heavy (non-hydrogen) atoms. The van der Waals surface area contributed by atoms with Crippen molar-refractivity contribution in [2.45, 2.75) is 33.1 Å². The van der Waals surface area contributed by atoms with Crippen LogP contribution in [0.2, 0.25) is 0 Å². The number of esters is 1. The molecule has 0 aromatic heterocycles. The van der Waals surface area contributed by atoms with Crippen LogP contribution in [0.3, 0.4) is 0 Å². The SMILES string of the molecule is CC(C)COC(=O)CCCN1CCC1. The smallest absolute Gasteiger partial charge is 0.305 e. The number of likely N-dealkylation sites (tertiary alicyclic amines) is 1. The van der Waals surface area contributed by atoms with Gasteiger partial charge in [0.25, 0.3) is 0 Å². The van der Waals surface area contributed by atoms with E-state index in [1.807, 2.05) is 13.8 Å². The van der Waals surface area contributed by atoms with Crippen molar-refractivity contribution in [3.63, 3.8) is 0 Å². The van der Waals surface area contributed by atoms with Crippen molar-refractivity contribution in [3.8, 4) is 0 Å². The third-order valence-electron chi connectivity index (χ3n) is 2.38. The highest BCUT2D eigenvalue weighted by atomic mass is 16.5. The van der Waals surface area contributed by atoms with E-state index in [9.17, 15) is 4.79 Å². The van der Waals surface area contributed by atoms with Crippen molar-refractivity contribution in [2.24, 2.45) is 5.92 Å². The van der Waals surface area contributed by atoms with Crippen LogP contribution in [0, 0.1) is 5.92 Å². The topological polar surface area (TPSA) is 29.5 Å². The molecule has 1 rings (SSSR count). The molecule has 0 saturated carbocycles. The van der Waals surface area contributed by atoms with Crippen LogP contribution in [-0.4, -0.2) is 37.1 Å². The molecule has 1 aliphatic rings. The quantitative estimate of drug-likeness (QED) is 0.609. The van der Waals surface area contributed by atoms with Crippen molar-refractivity contribution in [2.75, 3.05) is 26.2 Å². The minimum atomic E-state index is -0.0424. The molecule has 3 heteroatoms. The fraction of sp³-hybridized carbons (Fsp3) is 0.909. The predicted molar refractivity (Wildman–Crippen MR) is 56.1 cm³/mol. The first-order chi connectivity index (χ1) is 6.68. The molecule has 82 valence electrons. The Bertz CT molecular complexity index is 176. The van der Waals surface area contributed by atoms with Crippen LogP contribution in [-0.2, 0) is 9.53 Å². The molecule has 0 aliphatic carbocycles. The van der Waals surface area contributed by atoms with Crippen LogP contribution < -0.4 is 0 Å². The van der Waals surface area contributed by atoms with Crippen molar-refractivity contribution in [3.05, 3.63) is 0 Å². The van der Waals surface area contributed by atoms with Crippen LogP contribution in [0.25, 0.3) is 0 Å². The fourth-order valence-corrected chi connectivity index (χ4v) is 1.38. The van der Waals surface area contributed by atoms with Crippen molar-refractivity contribution >= 4 is 5.97 Å². The van der Waals surface area contributed by atoms with Gasteiger partial charge in [-0.2, -0.15) is 0 Å². The second-order valence-corrected chi connectivity index (χ2v) is 4.38. The largest absolute Gasteiger partial charge is 0.465 e. The number of hydrogen-bond donors (Lipinski definition) is 0. The van der Waals surface area contributed by atoms with Crippen LogP contribution in [0.4, 0.5) is 0 Å². The fourth-order valence-electron chi connectivity index (χ4n) is 1.38.